The van der Waals surface area contributed by atoms with Gasteiger partial charge in [0.2, 0.25) is 0 Å². The summed E-state index contributed by atoms with van der Waals surface area (Å²) >= 11 is 0. The Morgan fingerprint density at radius 3 is 0.600 bits per heavy atom. The molecule has 0 bridgehead atoms. The van der Waals surface area contributed by atoms with Gasteiger partial charge in [-0.2, -0.15) is 0 Å². The van der Waals surface area contributed by atoms with Gasteiger partial charge in [-0.05, 0) is 0 Å². The van der Waals surface area contributed by atoms with Crippen LogP contribution in [0.3, 0.4) is 0 Å². The van der Waals surface area contributed by atoms with Crippen molar-refractivity contribution in [2.24, 2.45) is 0 Å². The Morgan fingerprint density at radius 1 is 0.600 bits per heavy atom. The quantitative estimate of drug-likeness (QED) is 0.431. The summed E-state index contributed by atoms with van der Waals surface area (Å²) in [6.07, 6.45) is 0. The predicted octanol–water partition coefficient (Wildman–Crippen LogP) is -2.86. The van der Waals surface area contributed by atoms with Gasteiger partial charge < -0.3 is 16.4 Å². The second kappa shape index (κ2) is 48.9. The minimum Gasteiger partial charge on any atom is -0.412 e. The van der Waals surface area contributed by atoms with E-state index in [9.17, 15) is 0 Å². The van der Waals surface area contributed by atoms with Gasteiger partial charge in [0.05, 0.1) is 0 Å². The number of hydrogen-bond donors (Lipinski definition) is 0. The normalized spacial score (nSPS) is 0. The van der Waals surface area contributed by atoms with Crippen LogP contribution in [0, 0.1) is 0 Å². The number of rotatable bonds is 0. The molecule has 0 amide bonds. The average Bonchev–Trinajstić information content (AvgIpc) is 0. The molecule has 0 unspecified atom stereocenters. The van der Waals surface area contributed by atoms with Crippen LogP contribution in [0.5, 0.6) is 0 Å². The van der Waals surface area contributed by atoms with Crippen molar-refractivity contribution < 1.29 is 38.1 Å². The molecule has 32 valence electrons. The predicted molar refractivity (Wildman–Crippen MR) is 16.6 cm³/mol. The molecule has 0 spiro atoms. The molecule has 5 heteroatoms. The SMILES string of the molecule is O.O.O.[Pb].[Ti]. The third-order valence-electron chi connectivity index (χ3n) is 0. The maximum atomic E-state index is 0. The summed E-state index contributed by atoms with van der Waals surface area (Å²) in [6.45, 7) is 0. The van der Waals surface area contributed by atoms with Crippen LogP contribution < -0.4 is 0 Å². The molecule has 5 heavy (non-hydrogen) atoms. The van der Waals surface area contributed by atoms with Crippen LogP contribution in [0.25, 0.3) is 0 Å². The van der Waals surface area contributed by atoms with E-state index >= 15 is 0 Å². The molecule has 0 saturated carbocycles. The molecule has 0 fully saturated rings. The monoisotopic (exact) mass is 310 g/mol. The molecule has 0 aliphatic rings. The molecule has 3 nitrogen and oxygen atoms in total. The molecular formula is H6O3PbTi. The van der Waals surface area contributed by atoms with E-state index in [1.807, 2.05) is 0 Å². The van der Waals surface area contributed by atoms with Crippen molar-refractivity contribution in [3.8, 4) is 0 Å². The average molecular weight is 309 g/mol. The van der Waals surface area contributed by atoms with E-state index in [0.29, 0.717) is 0 Å². The standard InChI is InChI=1S/3H2O.Pb.Ti/h3*1H2;;. The fraction of sp³-hybridized carbons (Fsp3) is 0. The van der Waals surface area contributed by atoms with Gasteiger partial charge in [0, 0.05) is 49.0 Å². The summed E-state index contributed by atoms with van der Waals surface area (Å²) in [5.74, 6) is 0. The van der Waals surface area contributed by atoms with Crippen molar-refractivity contribution in [2.75, 3.05) is 0 Å². The molecule has 4 radical (unpaired) electrons. The Kier molecular flexibility index (Phi) is 844. The van der Waals surface area contributed by atoms with E-state index in [-0.39, 0.29) is 65.4 Å². The maximum Gasteiger partial charge on any atom is 0 e. The molecule has 0 aromatic rings. The number of hydrogen-bond acceptors (Lipinski definition) is 0. The van der Waals surface area contributed by atoms with E-state index in [1.54, 1.807) is 0 Å². The smallest absolute Gasteiger partial charge is 0 e. The van der Waals surface area contributed by atoms with Gasteiger partial charge in [-0.1, -0.05) is 0 Å². The first kappa shape index (κ1) is 86.2. The van der Waals surface area contributed by atoms with Crippen LogP contribution in [-0.4, -0.2) is 43.7 Å². The molecule has 0 aromatic heterocycles. The van der Waals surface area contributed by atoms with E-state index in [1.165, 1.54) is 0 Å². The first-order chi connectivity index (χ1) is 0. The van der Waals surface area contributed by atoms with Gasteiger partial charge in [0.15, 0.2) is 0 Å². The fourth-order valence-electron chi connectivity index (χ4n) is 0. The van der Waals surface area contributed by atoms with Crippen LogP contribution in [0.1, 0.15) is 0 Å². The van der Waals surface area contributed by atoms with Crippen molar-refractivity contribution in [1.82, 2.24) is 0 Å². The molecule has 0 aliphatic heterocycles. The van der Waals surface area contributed by atoms with Crippen LogP contribution >= 0.6 is 0 Å². The van der Waals surface area contributed by atoms with Crippen molar-refractivity contribution >= 4 is 27.3 Å². The minimum absolute atomic E-state index is 0. The molecule has 0 atom stereocenters. The Morgan fingerprint density at radius 2 is 0.600 bits per heavy atom. The van der Waals surface area contributed by atoms with Gasteiger partial charge >= 0.3 is 0 Å². The van der Waals surface area contributed by atoms with Crippen molar-refractivity contribution in [1.29, 1.82) is 0 Å². The summed E-state index contributed by atoms with van der Waals surface area (Å²) in [7, 11) is 0. The van der Waals surface area contributed by atoms with Gasteiger partial charge in [-0.25, -0.2) is 0 Å². The Bertz CT molecular complexity index is 6.85. The van der Waals surface area contributed by atoms with Crippen LogP contribution in [0.2, 0.25) is 0 Å². The van der Waals surface area contributed by atoms with Gasteiger partial charge in [-0.3, -0.25) is 0 Å². The largest absolute Gasteiger partial charge is 0.412 e. The second-order valence-electron chi connectivity index (χ2n) is 0. The van der Waals surface area contributed by atoms with E-state index < -0.39 is 0 Å². The molecule has 0 saturated heterocycles. The van der Waals surface area contributed by atoms with E-state index in [0.717, 1.165) is 0 Å². The first-order valence-electron chi connectivity index (χ1n) is 0. The zero-order valence-electron chi connectivity index (χ0n) is 2.50. The summed E-state index contributed by atoms with van der Waals surface area (Å²) < 4.78 is 0. The van der Waals surface area contributed by atoms with Crippen LogP contribution in [0.4, 0.5) is 0 Å². The van der Waals surface area contributed by atoms with E-state index in [2.05, 4.69) is 0 Å². The third-order valence-corrected chi connectivity index (χ3v) is 0. The van der Waals surface area contributed by atoms with E-state index in [4.69, 9.17) is 0 Å². The summed E-state index contributed by atoms with van der Waals surface area (Å²) in [4.78, 5) is 0. The zero-order valence-corrected chi connectivity index (χ0v) is 7.95. The molecule has 0 aromatic carbocycles. The van der Waals surface area contributed by atoms with Crippen molar-refractivity contribution in [2.45, 2.75) is 0 Å². The molecule has 6 N–H and O–H groups in total. The zero-order chi connectivity index (χ0) is 0. The fourth-order valence-corrected chi connectivity index (χ4v) is 0. The second-order valence-corrected chi connectivity index (χ2v) is 0. The molecule has 0 aliphatic carbocycles. The van der Waals surface area contributed by atoms with Gasteiger partial charge in [-0.15, -0.1) is 0 Å². The van der Waals surface area contributed by atoms with Crippen LogP contribution in [-0.2, 0) is 21.7 Å². The Labute approximate surface area is 65.1 Å². The maximum absolute atomic E-state index is 0. The first-order valence-corrected chi connectivity index (χ1v) is 0. The molecule has 0 heterocycles. The summed E-state index contributed by atoms with van der Waals surface area (Å²) in [5.41, 5.74) is 0. The van der Waals surface area contributed by atoms with Gasteiger partial charge in [0.25, 0.3) is 0 Å². The minimum atomic E-state index is 0. The molecule has 0 rings (SSSR count). The van der Waals surface area contributed by atoms with Gasteiger partial charge in [0.1, 0.15) is 0 Å². The third kappa shape index (κ3) is 29.7. The van der Waals surface area contributed by atoms with Crippen molar-refractivity contribution in [3.05, 3.63) is 0 Å². The topological polar surface area (TPSA) is 94.5 Å². The Hall–Kier alpha value is 1.52. The van der Waals surface area contributed by atoms with Crippen LogP contribution in [0.15, 0.2) is 0 Å². The summed E-state index contributed by atoms with van der Waals surface area (Å²) in [6, 6.07) is 0. The molecular weight excluding hydrogens is 303 g/mol. The van der Waals surface area contributed by atoms with Crippen molar-refractivity contribution in [3.63, 3.8) is 0 Å². The summed E-state index contributed by atoms with van der Waals surface area (Å²) in [5, 5.41) is 0. The Balaban J connectivity index is 0.